The lowest BCUT2D eigenvalue weighted by atomic mass is 10.2. The Kier molecular flexibility index (Phi) is 4.73. The molecule has 4 heteroatoms. The summed E-state index contributed by atoms with van der Waals surface area (Å²) in [5.74, 6) is 0.491. The summed E-state index contributed by atoms with van der Waals surface area (Å²) < 4.78 is 13.4. The number of rotatable bonds is 5. The number of pyridine rings is 1. The van der Waals surface area contributed by atoms with Crippen molar-refractivity contribution in [1.29, 1.82) is 0 Å². The van der Waals surface area contributed by atoms with Crippen LogP contribution in [0, 0.1) is 5.82 Å². The molecule has 0 aliphatic heterocycles. The first-order chi connectivity index (χ1) is 8.75. The highest BCUT2D eigenvalue weighted by Gasteiger charge is 2.07. The molecule has 1 unspecified atom stereocenters. The van der Waals surface area contributed by atoms with Gasteiger partial charge in [-0.15, -0.1) is 11.8 Å². The molecule has 2 aromatic rings. The number of hydrogen-bond acceptors (Lipinski definition) is 3. The minimum absolute atomic E-state index is 0.0236. The van der Waals surface area contributed by atoms with E-state index < -0.39 is 0 Å². The zero-order chi connectivity index (χ0) is 12.8. The molecule has 2 rings (SSSR count). The molecule has 2 nitrogen and oxygen atoms in total. The van der Waals surface area contributed by atoms with Gasteiger partial charge >= 0.3 is 0 Å². The van der Waals surface area contributed by atoms with Gasteiger partial charge in [0.2, 0.25) is 0 Å². The van der Waals surface area contributed by atoms with E-state index in [-0.39, 0.29) is 11.9 Å². The third-order valence-electron chi connectivity index (χ3n) is 2.49. The highest BCUT2D eigenvalue weighted by atomic mass is 32.2. The molecule has 94 valence electrons. The van der Waals surface area contributed by atoms with E-state index in [0.29, 0.717) is 17.1 Å². The number of halogens is 1. The summed E-state index contributed by atoms with van der Waals surface area (Å²) in [7, 11) is 0. The van der Waals surface area contributed by atoms with Crippen molar-refractivity contribution in [3.63, 3.8) is 0 Å². The second-order valence-electron chi connectivity index (χ2n) is 4.03. The Balaban J connectivity index is 1.86. The van der Waals surface area contributed by atoms with Crippen LogP contribution in [-0.4, -0.2) is 16.8 Å². The van der Waals surface area contributed by atoms with Crippen LogP contribution in [0.2, 0.25) is 0 Å². The molecule has 0 radical (unpaired) electrons. The summed E-state index contributed by atoms with van der Waals surface area (Å²) >= 11 is 1.45. The molecule has 2 N–H and O–H groups in total. The molecule has 0 saturated carbocycles. The van der Waals surface area contributed by atoms with Gasteiger partial charge in [-0.3, -0.25) is 4.98 Å². The van der Waals surface area contributed by atoms with Crippen LogP contribution in [0.25, 0.3) is 0 Å². The van der Waals surface area contributed by atoms with E-state index in [2.05, 4.69) is 4.98 Å². The van der Waals surface area contributed by atoms with Crippen LogP contribution < -0.4 is 5.73 Å². The Hall–Kier alpha value is -1.39. The van der Waals surface area contributed by atoms with Gasteiger partial charge in [0.1, 0.15) is 5.82 Å². The van der Waals surface area contributed by atoms with E-state index in [0.717, 1.165) is 5.69 Å². The van der Waals surface area contributed by atoms with E-state index in [9.17, 15) is 4.39 Å². The SMILES string of the molecule is NC(CSc1ccccc1F)Cc1ccccn1. The van der Waals surface area contributed by atoms with Gasteiger partial charge in [-0.05, 0) is 24.3 Å². The Morgan fingerprint density at radius 2 is 1.94 bits per heavy atom. The molecule has 1 heterocycles. The molecule has 0 fully saturated rings. The molecular formula is C14H15FN2S. The van der Waals surface area contributed by atoms with Crippen molar-refractivity contribution in [2.75, 3.05) is 5.75 Å². The standard InChI is InChI=1S/C14H15FN2S/c15-13-6-1-2-7-14(13)18-10-11(16)9-12-5-3-4-8-17-12/h1-8,11H,9-10,16H2. The van der Waals surface area contributed by atoms with Crippen molar-refractivity contribution >= 4 is 11.8 Å². The van der Waals surface area contributed by atoms with Gasteiger partial charge in [0.15, 0.2) is 0 Å². The zero-order valence-corrected chi connectivity index (χ0v) is 10.7. The number of nitrogens with two attached hydrogens (primary N) is 1. The highest BCUT2D eigenvalue weighted by molar-refractivity contribution is 7.99. The van der Waals surface area contributed by atoms with Crippen LogP contribution >= 0.6 is 11.8 Å². The minimum atomic E-state index is -0.187. The van der Waals surface area contributed by atoms with E-state index >= 15 is 0 Å². The predicted molar refractivity (Wildman–Crippen MR) is 73.0 cm³/mol. The first kappa shape index (κ1) is 13.1. The third-order valence-corrected chi connectivity index (χ3v) is 3.72. The monoisotopic (exact) mass is 262 g/mol. The highest BCUT2D eigenvalue weighted by Crippen LogP contribution is 2.21. The lowest BCUT2D eigenvalue weighted by Gasteiger charge is -2.10. The molecule has 0 amide bonds. The number of nitrogens with zero attached hydrogens (tertiary/aromatic N) is 1. The number of aromatic nitrogens is 1. The first-order valence-corrected chi connectivity index (χ1v) is 6.77. The van der Waals surface area contributed by atoms with Crippen LogP contribution in [0.3, 0.4) is 0 Å². The van der Waals surface area contributed by atoms with Crippen molar-refractivity contribution in [1.82, 2.24) is 4.98 Å². The Morgan fingerprint density at radius 1 is 1.17 bits per heavy atom. The molecule has 18 heavy (non-hydrogen) atoms. The largest absolute Gasteiger partial charge is 0.327 e. The van der Waals surface area contributed by atoms with E-state index in [4.69, 9.17) is 5.73 Å². The van der Waals surface area contributed by atoms with Gasteiger partial charge in [0.25, 0.3) is 0 Å². The smallest absolute Gasteiger partial charge is 0.136 e. The average Bonchev–Trinajstić information content (AvgIpc) is 2.39. The summed E-state index contributed by atoms with van der Waals surface area (Å²) in [5.41, 5.74) is 6.99. The summed E-state index contributed by atoms with van der Waals surface area (Å²) in [4.78, 5) is 4.88. The number of hydrogen-bond donors (Lipinski definition) is 1. The van der Waals surface area contributed by atoms with Crippen molar-refractivity contribution in [3.05, 3.63) is 60.2 Å². The third kappa shape index (κ3) is 3.82. The van der Waals surface area contributed by atoms with Crippen molar-refractivity contribution in [3.8, 4) is 0 Å². The minimum Gasteiger partial charge on any atom is -0.327 e. The maximum atomic E-state index is 13.4. The Bertz CT molecular complexity index is 490. The lowest BCUT2D eigenvalue weighted by Crippen LogP contribution is -2.26. The van der Waals surface area contributed by atoms with Gasteiger partial charge in [-0.2, -0.15) is 0 Å². The summed E-state index contributed by atoms with van der Waals surface area (Å²) in [5, 5.41) is 0. The number of thioether (sulfide) groups is 1. The van der Waals surface area contributed by atoms with Crippen LogP contribution in [0.5, 0.6) is 0 Å². The fourth-order valence-electron chi connectivity index (χ4n) is 1.61. The first-order valence-electron chi connectivity index (χ1n) is 5.78. The van der Waals surface area contributed by atoms with Crippen LogP contribution in [-0.2, 0) is 6.42 Å². The summed E-state index contributed by atoms with van der Waals surface area (Å²) in [6.07, 6.45) is 2.47. The summed E-state index contributed by atoms with van der Waals surface area (Å²) in [6, 6.07) is 12.5. The van der Waals surface area contributed by atoms with Gasteiger partial charge in [-0.1, -0.05) is 18.2 Å². The zero-order valence-electron chi connectivity index (χ0n) is 9.92. The van der Waals surface area contributed by atoms with E-state index in [1.165, 1.54) is 17.8 Å². The Labute approximate surface area is 110 Å². The Morgan fingerprint density at radius 3 is 2.67 bits per heavy atom. The van der Waals surface area contributed by atoms with Gasteiger partial charge in [0.05, 0.1) is 0 Å². The van der Waals surface area contributed by atoms with Crippen molar-refractivity contribution < 1.29 is 4.39 Å². The molecule has 1 atom stereocenters. The van der Waals surface area contributed by atoms with E-state index in [1.54, 1.807) is 18.3 Å². The summed E-state index contributed by atoms with van der Waals surface area (Å²) in [6.45, 7) is 0. The molecule has 0 spiro atoms. The molecule has 0 saturated heterocycles. The second-order valence-corrected chi connectivity index (χ2v) is 5.09. The van der Waals surface area contributed by atoms with Crippen molar-refractivity contribution in [2.24, 2.45) is 5.73 Å². The average molecular weight is 262 g/mol. The van der Waals surface area contributed by atoms with E-state index in [1.807, 2.05) is 24.3 Å². The van der Waals surface area contributed by atoms with Crippen molar-refractivity contribution in [2.45, 2.75) is 17.4 Å². The van der Waals surface area contributed by atoms with Gasteiger partial charge in [-0.25, -0.2) is 4.39 Å². The second kappa shape index (κ2) is 6.52. The quantitative estimate of drug-likeness (QED) is 0.842. The maximum absolute atomic E-state index is 13.4. The molecule has 1 aromatic carbocycles. The van der Waals surface area contributed by atoms with Crippen LogP contribution in [0.4, 0.5) is 4.39 Å². The molecule has 1 aromatic heterocycles. The van der Waals surface area contributed by atoms with Crippen LogP contribution in [0.15, 0.2) is 53.6 Å². The molecule has 0 bridgehead atoms. The maximum Gasteiger partial charge on any atom is 0.136 e. The van der Waals surface area contributed by atoms with Gasteiger partial charge in [0, 0.05) is 35.0 Å². The molecule has 0 aliphatic rings. The van der Waals surface area contributed by atoms with Gasteiger partial charge < -0.3 is 5.73 Å². The lowest BCUT2D eigenvalue weighted by molar-refractivity contribution is 0.601. The normalized spacial score (nSPS) is 12.3. The topological polar surface area (TPSA) is 38.9 Å². The molecular weight excluding hydrogens is 247 g/mol. The fraction of sp³-hybridized carbons (Fsp3) is 0.214. The number of benzene rings is 1. The fourth-order valence-corrected chi connectivity index (χ4v) is 2.50. The predicted octanol–water partition coefficient (Wildman–Crippen LogP) is 2.88. The molecule has 0 aliphatic carbocycles. The van der Waals surface area contributed by atoms with Crippen LogP contribution in [0.1, 0.15) is 5.69 Å².